The van der Waals surface area contributed by atoms with Crippen molar-refractivity contribution in [1.82, 2.24) is 20.0 Å². The zero-order valence-corrected chi connectivity index (χ0v) is 12.8. The summed E-state index contributed by atoms with van der Waals surface area (Å²) in [7, 11) is 0. The Morgan fingerprint density at radius 3 is 2.91 bits per heavy atom. The Hall–Kier alpha value is -2.31. The number of rotatable bonds is 4. The predicted molar refractivity (Wildman–Crippen MR) is 84.3 cm³/mol. The smallest absolute Gasteiger partial charge is 0.275 e. The predicted octanol–water partition coefficient (Wildman–Crippen LogP) is 3.21. The summed E-state index contributed by atoms with van der Waals surface area (Å²) in [6.45, 7) is 0.557. The first-order valence-electron chi connectivity index (χ1n) is 6.39. The fourth-order valence-electron chi connectivity index (χ4n) is 1.96. The first kappa shape index (κ1) is 14.6. The Labute approximate surface area is 136 Å². The van der Waals surface area contributed by atoms with Crippen molar-refractivity contribution in [1.29, 1.82) is 0 Å². The minimum Gasteiger partial charge on any atom is -0.318 e. The lowest BCUT2D eigenvalue weighted by molar-refractivity contribution is 0.102. The molecule has 3 aromatic rings. The number of hydrogen-bond donors (Lipinski definition) is 2. The van der Waals surface area contributed by atoms with Crippen molar-refractivity contribution < 1.29 is 4.79 Å². The van der Waals surface area contributed by atoms with Gasteiger partial charge >= 0.3 is 0 Å². The van der Waals surface area contributed by atoms with Gasteiger partial charge in [0.2, 0.25) is 0 Å². The van der Waals surface area contributed by atoms with Crippen LogP contribution in [0.25, 0.3) is 0 Å². The van der Waals surface area contributed by atoms with Crippen molar-refractivity contribution in [3.63, 3.8) is 0 Å². The third kappa shape index (κ3) is 3.29. The van der Waals surface area contributed by atoms with E-state index in [9.17, 15) is 4.79 Å². The molecular weight excluding hydrogens is 325 g/mol. The first-order valence-corrected chi connectivity index (χ1v) is 7.14. The lowest BCUT2D eigenvalue weighted by Gasteiger charge is -2.02. The Morgan fingerprint density at radius 1 is 1.32 bits per heavy atom. The molecule has 0 radical (unpaired) electrons. The highest BCUT2D eigenvalue weighted by molar-refractivity contribution is 6.34. The zero-order valence-electron chi connectivity index (χ0n) is 11.3. The molecule has 2 N–H and O–H groups in total. The van der Waals surface area contributed by atoms with E-state index in [-0.39, 0.29) is 16.6 Å². The van der Waals surface area contributed by atoms with Crippen LogP contribution in [0.3, 0.4) is 0 Å². The van der Waals surface area contributed by atoms with Crippen molar-refractivity contribution in [3.8, 4) is 0 Å². The van der Waals surface area contributed by atoms with Crippen LogP contribution in [0.2, 0.25) is 10.0 Å². The van der Waals surface area contributed by atoms with Crippen molar-refractivity contribution in [3.05, 3.63) is 64.2 Å². The van der Waals surface area contributed by atoms with Gasteiger partial charge in [-0.25, -0.2) is 0 Å². The Balaban J connectivity index is 1.69. The van der Waals surface area contributed by atoms with E-state index in [1.54, 1.807) is 17.1 Å². The van der Waals surface area contributed by atoms with Gasteiger partial charge in [-0.3, -0.25) is 14.6 Å². The van der Waals surface area contributed by atoms with Gasteiger partial charge in [0.25, 0.3) is 5.91 Å². The molecule has 1 aromatic carbocycles. The topological polar surface area (TPSA) is 75.6 Å². The van der Waals surface area contributed by atoms with Crippen LogP contribution in [0.4, 0.5) is 5.69 Å². The van der Waals surface area contributed by atoms with E-state index in [0.717, 1.165) is 5.56 Å². The fraction of sp³-hybridized carbons (Fsp3) is 0.0714. The van der Waals surface area contributed by atoms with Crippen LogP contribution in [0.15, 0.2) is 42.9 Å². The van der Waals surface area contributed by atoms with Crippen LogP contribution in [0.1, 0.15) is 16.1 Å². The maximum atomic E-state index is 12.0. The second-order valence-corrected chi connectivity index (χ2v) is 5.45. The minimum atomic E-state index is -0.371. The molecule has 8 heteroatoms. The standard InChI is InChI=1S/C14H11Cl2N5O/c15-10-3-1-2-9(4-10)7-21-8-11(5-18-21)19-14(22)13-12(16)6-17-20-13/h1-6,8H,7H2,(H,17,20)(H,19,22). The highest BCUT2D eigenvalue weighted by atomic mass is 35.5. The van der Waals surface area contributed by atoms with Crippen LogP contribution >= 0.6 is 23.2 Å². The Bertz CT molecular complexity index is 811. The van der Waals surface area contributed by atoms with E-state index in [0.29, 0.717) is 17.3 Å². The number of H-pyrrole nitrogens is 1. The summed E-state index contributed by atoms with van der Waals surface area (Å²) >= 11 is 11.8. The van der Waals surface area contributed by atoms with Crippen molar-refractivity contribution in [2.75, 3.05) is 5.32 Å². The number of aromatic nitrogens is 4. The molecule has 0 spiro atoms. The van der Waals surface area contributed by atoms with Crippen molar-refractivity contribution >= 4 is 34.8 Å². The summed E-state index contributed by atoms with van der Waals surface area (Å²) in [5, 5.41) is 14.1. The van der Waals surface area contributed by atoms with Crippen LogP contribution in [-0.2, 0) is 6.54 Å². The highest BCUT2D eigenvalue weighted by Crippen LogP contribution is 2.15. The molecule has 0 bridgehead atoms. The second kappa shape index (κ2) is 6.21. The monoisotopic (exact) mass is 335 g/mol. The summed E-state index contributed by atoms with van der Waals surface area (Å²) in [6, 6.07) is 7.51. The maximum Gasteiger partial charge on any atom is 0.275 e. The van der Waals surface area contributed by atoms with Crippen LogP contribution in [-0.4, -0.2) is 25.9 Å². The van der Waals surface area contributed by atoms with Gasteiger partial charge in [-0.05, 0) is 17.7 Å². The first-order chi connectivity index (χ1) is 10.6. The molecule has 1 amide bonds. The number of aromatic amines is 1. The van der Waals surface area contributed by atoms with Crippen LogP contribution in [0, 0.1) is 0 Å². The normalized spacial score (nSPS) is 10.6. The molecule has 0 aliphatic heterocycles. The van der Waals surface area contributed by atoms with Crippen molar-refractivity contribution in [2.45, 2.75) is 6.54 Å². The summed E-state index contributed by atoms with van der Waals surface area (Å²) in [6.07, 6.45) is 4.66. The van der Waals surface area contributed by atoms with Gasteiger partial charge in [-0.1, -0.05) is 35.3 Å². The Kier molecular flexibility index (Phi) is 4.13. The molecular formula is C14H11Cl2N5O. The quantitative estimate of drug-likeness (QED) is 0.768. The summed E-state index contributed by atoms with van der Waals surface area (Å²) < 4.78 is 1.70. The van der Waals surface area contributed by atoms with Gasteiger partial charge in [0.1, 0.15) is 5.69 Å². The lowest BCUT2D eigenvalue weighted by Crippen LogP contribution is -2.12. The SMILES string of the molecule is O=C(Nc1cnn(Cc2cccc(Cl)c2)c1)c1[nH]ncc1Cl. The molecule has 0 saturated heterocycles. The molecule has 2 aromatic heterocycles. The maximum absolute atomic E-state index is 12.0. The highest BCUT2D eigenvalue weighted by Gasteiger charge is 2.13. The average molecular weight is 336 g/mol. The molecule has 2 heterocycles. The van der Waals surface area contributed by atoms with E-state index >= 15 is 0 Å². The molecule has 22 heavy (non-hydrogen) atoms. The number of nitrogens with zero attached hydrogens (tertiary/aromatic N) is 3. The zero-order chi connectivity index (χ0) is 15.5. The molecule has 0 fully saturated rings. The number of halogens is 2. The van der Waals surface area contributed by atoms with Gasteiger partial charge in [0, 0.05) is 11.2 Å². The fourth-order valence-corrected chi connectivity index (χ4v) is 2.35. The molecule has 0 unspecified atom stereocenters. The number of nitrogens with one attached hydrogen (secondary N) is 2. The largest absolute Gasteiger partial charge is 0.318 e. The van der Waals surface area contributed by atoms with Gasteiger partial charge < -0.3 is 5.32 Å². The average Bonchev–Trinajstić information content (AvgIpc) is 3.08. The molecule has 0 atom stereocenters. The van der Waals surface area contributed by atoms with Gasteiger partial charge in [-0.15, -0.1) is 0 Å². The molecule has 0 aliphatic carbocycles. The summed E-state index contributed by atoms with van der Waals surface area (Å²) in [4.78, 5) is 12.0. The number of benzene rings is 1. The third-order valence-corrected chi connectivity index (χ3v) is 3.47. The lowest BCUT2D eigenvalue weighted by atomic mass is 10.2. The number of anilines is 1. The number of hydrogen-bond acceptors (Lipinski definition) is 3. The summed E-state index contributed by atoms with van der Waals surface area (Å²) in [5.74, 6) is -0.371. The van der Waals surface area contributed by atoms with E-state index < -0.39 is 0 Å². The van der Waals surface area contributed by atoms with E-state index in [4.69, 9.17) is 23.2 Å². The minimum absolute atomic E-state index is 0.212. The van der Waals surface area contributed by atoms with Crippen LogP contribution in [0.5, 0.6) is 0 Å². The number of carbonyl (C=O) groups excluding carboxylic acids is 1. The second-order valence-electron chi connectivity index (χ2n) is 4.60. The van der Waals surface area contributed by atoms with Gasteiger partial charge in [0.15, 0.2) is 0 Å². The molecule has 6 nitrogen and oxygen atoms in total. The van der Waals surface area contributed by atoms with Gasteiger partial charge in [0.05, 0.1) is 29.6 Å². The van der Waals surface area contributed by atoms with Gasteiger partial charge in [-0.2, -0.15) is 10.2 Å². The van der Waals surface area contributed by atoms with Crippen molar-refractivity contribution in [2.24, 2.45) is 0 Å². The Morgan fingerprint density at radius 2 is 2.18 bits per heavy atom. The third-order valence-electron chi connectivity index (χ3n) is 2.94. The molecule has 3 rings (SSSR count). The molecule has 0 aliphatic rings. The van der Waals surface area contributed by atoms with Crippen LogP contribution < -0.4 is 5.32 Å². The van der Waals surface area contributed by atoms with E-state index in [1.165, 1.54) is 6.20 Å². The summed E-state index contributed by atoms with van der Waals surface area (Å²) in [5.41, 5.74) is 1.80. The molecule has 112 valence electrons. The van der Waals surface area contributed by atoms with E-state index in [2.05, 4.69) is 20.6 Å². The number of carbonyl (C=O) groups is 1. The number of amides is 1. The molecule has 0 saturated carbocycles. The van der Waals surface area contributed by atoms with E-state index in [1.807, 2.05) is 24.3 Å².